The average Bonchev–Trinajstić information content (AvgIpc) is 2.63. The van der Waals surface area contributed by atoms with Crippen LogP contribution in [0.3, 0.4) is 0 Å². The van der Waals surface area contributed by atoms with Gasteiger partial charge in [-0.1, -0.05) is 60.7 Å². The molecule has 25 heavy (non-hydrogen) atoms. The minimum atomic E-state index is -0.0589. The van der Waals surface area contributed by atoms with Crippen molar-refractivity contribution in [3.05, 3.63) is 83.9 Å². The fourth-order valence-electron chi connectivity index (χ4n) is 2.74. The number of carbonyl (C=O) groups is 1. The van der Waals surface area contributed by atoms with Crippen LogP contribution in [-0.4, -0.2) is 13.0 Å². The fraction of sp³-hybridized carbons (Fsp3) is 0.136. The molecule has 0 atom stereocenters. The van der Waals surface area contributed by atoms with E-state index in [9.17, 15) is 4.79 Å². The Hall–Kier alpha value is -3.07. The van der Waals surface area contributed by atoms with Gasteiger partial charge in [0.2, 0.25) is 5.91 Å². The van der Waals surface area contributed by atoms with E-state index in [1.807, 2.05) is 67.6 Å². The molecule has 3 aromatic rings. The summed E-state index contributed by atoms with van der Waals surface area (Å²) in [5.41, 5.74) is 5.06. The normalized spacial score (nSPS) is 10.3. The van der Waals surface area contributed by atoms with E-state index in [2.05, 4.69) is 17.4 Å². The van der Waals surface area contributed by atoms with E-state index in [0.29, 0.717) is 17.9 Å². The average molecular weight is 331 g/mol. The van der Waals surface area contributed by atoms with Gasteiger partial charge in [0.25, 0.3) is 0 Å². The molecule has 0 unspecified atom stereocenters. The lowest BCUT2D eigenvalue weighted by molar-refractivity contribution is -0.115. The van der Waals surface area contributed by atoms with E-state index in [1.54, 1.807) is 7.11 Å². The molecule has 3 aromatic carbocycles. The Balaban J connectivity index is 1.68. The number of rotatable bonds is 5. The Morgan fingerprint density at radius 2 is 1.60 bits per heavy atom. The maximum absolute atomic E-state index is 12.3. The number of methoxy groups -OCH3 is 1. The third-order valence-electron chi connectivity index (χ3n) is 4.05. The molecule has 0 aliphatic rings. The summed E-state index contributed by atoms with van der Waals surface area (Å²) in [5, 5.41) is 2.93. The molecule has 0 aromatic heterocycles. The van der Waals surface area contributed by atoms with Gasteiger partial charge in [-0.3, -0.25) is 4.79 Å². The van der Waals surface area contributed by atoms with Crippen LogP contribution in [0.15, 0.2) is 72.8 Å². The predicted octanol–water partition coefficient (Wildman–Crippen LogP) is 4.85. The molecular formula is C22H21NO2. The van der Waals surface area contributed by atoms with Crippen molar-refractivity contribution in [3.8, 4) is 16.9 Å². The largest absolute Gasteiger partial charge is 0.495 e. The molecule has 3 nitrogen and oxygen atoms in total. The highest BCUT2D eigenvalue weighted by molar-refractivity contribution is 5.93. The monoisotopic (exact) mass is 331 g/mol. The number of hydrogen-bond donors (Lipinski definition) is 1. The topological polar surface area (TPSA) is 38.3 Å². The predicted molar refractivity (Wildman–Crippen MR) is 102 cm³/mol. The lowest BCUT2D eigenvalue weighted by Crippen LogP contribution is -2.15. The third-order valence-corrected chi connectivity index (χ3v) is 4.05. The van der Waals surface area contributed by atoms with Crippen LogP contribution in [0.1, 0.15) is 11.1 Å². The first-order chi connectivity index (χ1) is 12.2. The number of aryl methyl sites for hydroxylation is 1. The summed E-state index contributed by atoms with van der Waals surface area (Å²) in [6.07, 6.45) is 0.326. The van der Waals surface area contributed by atoms with Gasteiger partial charge in [-0.05, 0) is 41.3 Å². The third kappa shape index (κ3) is 4.27. The Bertz CT molecular complexity index is 855. The minimum Gasteiger partial charge on any atom is -0.495 e. The Kier molecular flexibility index (Phi) is 5.14. The summed E-state index contributed by atoms with van der Waals surface area (Å²) in [6.45, 7) is 1.98. The molecule has 0 heterocycles. The number of amides is 1. The van der Waals surface area contributed by atoms with E-state index in [1.165, 1.54) is 5.56 Å². The number of hydrogen-bond acceptors (Lipinski definition) is 2. The summed E-state index contributed by atoms with van der Waals surface area (Å²) in [7, 11) is 1.60. The molecule has 1 amide bonds. The van der Waals surface area contributed by atoms with Gasteiger partial charge in [-0.25, -0.2) is 0 Å². The number of carbonyl (C=O) groups excluding carboxylic acids is 1. The molecular weight excluding hydrogens is 310 g/mol. The van der Waals surface area contributed by atoms with Gasteiger partial charge in [0, 0.05) is 0 Å². The smallest absolute Gasteiger partial charge is 0.228 e. The summed E-state index contributed by atoms with van der Waals surface area (Å²) in [6, 6.07) is 24.0. The van der Waals surface area contributed by atoms with Crippen molar-refractivity contribution >= 4 is 11.6 Å². The van der Waals surface area contributed by atoms with Crippen LogP contribution in [0.25, 0.3) is 11.1 Å². The van der Waals surface area contributed by atoms with Crippen molar-refractivity contribution in [2.75, 3.05) is 12.4 Å². The zero-order valence-corrected chi connectivity index (χ0v) is 14.5. The van der Waals surface area contributed by atoms with Crippen molar-refractivity contribution in [2.45, 2.75) is 13.3 Å². The lowest BCUT2D eigenvalue weighted by Gasteiger charge is -2.11. The Morgan fingerprint density at radius 3 is 2.28 bits per heavy atom. The molecule has 0 aliphatic heterocycles. The van der Waals surface area contributed by atoms with Crippen LogP contribution in [-0.2, 0) is 11.2 Å². The van der Waals surface area contributed by atoms with E-state index in [4.69, 9.17) is 4.74 Å². The van der Waals surface area contributed by atoms with E-state index in [-0.39, 0.29) is 5.91 Å². The molecule has 3 heteroatoms. The zero-order valence-electron chi connectivity index (χ0n) is 14.5. The van der Waals surface area contributed by atoms with Crippen molar-refractivity contribution in [1.29, 1.82) is 0 Å². The summed E-state index contributed by atoms with van der Waals surface area (Å²) >= 11 is 0. The lowest BCUT2D eigenvalue weighted by atomic mass is 10.0. The van der Waals surface area contributed by atoms with Crippen molar-refractivity contribution in [1.82, 2.24) is 0 Å². The van der Waals surface area contributed by atoms with Crippen molar-refractivity contribution in [3.63, 3.8) is 0 Å². The second-order valence-electron chi connectivity index (χ2n) is 5.99. The molecule has 3 rings (SSSR count). The molecule has 0 saturated carbocycles. The maximum Gasteiger partial charge on any atom is 0.228 e. The highest BCUT2D eigenvalue weighted by atomic mass is 16.5. The highest BCUT2D eigenvalue weighted by Gasteiger charge is 2.09. The van der Waals surface area contributed by atoms with Crippen molar-refractivity contribution in [2.24, 2.45) is 0 Å². The van der Waals surface area contributed by atoms with Crippen LogP contribution in [0.4, 0.5) is 5.69 Å². The van der Waals surface area contributed by atoms with Gasteiger partial charge in [0.05, 0.1) is 19.2 Å². The van der Waals surface area contributed by atoms with Gasteiger partial charge in [-0.2, -0.15) is 0 Å². The number of ether oxygens (including phenoxy) is 1. The Morgan fingerprint density at radius 1 is 0.920 bits per heavy atom. The molecule has 0 spiro atoms. The van der Waals surface area contributed by atoms with Crippen molar-refractivity contribution < 1.29 is 9.53 Å². The second kappa shape index (κ2) is 7.67. The summed E-state index contributed by atoms with van der Waals surface area (Å²) in [5.74, 6) is 0.606. The number of nitrogens with one attached hydrogen (secondary N) is 1. The van der Waals surface area contributed by atoms with Gasteiger partial charge < -0.3 is 10.1 Å². The minimum absolute atomic E-state index is 0.0589. The molecule has 0 fully saturated rings. The molecule has 126 valence electrons. The van der Waals surface area contributed by atoms with Crippen LogP contribution < -0.4 is 10.1 Å². The maximum atomic E-state index is 12.3. The molecule has 1 N–H and O–H groups in total. The quantitative estimate of drug-likeness (QED) is 0.725. The van der Waals surface area contributed by atoms with Crippen LogP contribution in [0.5, 0.6) is 5.75 Å². The molecule has 0 radical (unpaired) electrons. The van der Waals surface area contributed by atoms with Gasteiger partial charge in [0.1, 0.15) is 5.75 Å². The van der Waals surface area contributed by atoms with Gasteiger partial charge in [0.15, 0.2) is 0 Å². The SMILES string of the molecule is COc1ccc(C)cc1NC(=O)Cc1ccc(-c2ccccc2)cc1. The standard InChI is InChI=1S/C22H21NO2/c1-16-8-13-21(25-2)20(14-16)23-22(24)15-17-9-11-19(12-10-17)18-6-4-3-5-7-18/h3-14H,15H2,1-2H3,(H,23,24). The number of benzene rings is 3. The molecule has 0 saturated heterocycles. The second-order valence-corrected chi connectivity index (χ2v) is 5.99. The van der Waals surface area contributed by atoms with Crippen LogP contribution in [0.2, 0.25) is 0 Å². The van der Waals surface area contributed by atoms with E-state index in [0.717, 1.165) is 16.7 Å². The first-order valence-corrected chi connectivity index (χ1v) is 8.24. The van der Waals surface area contributed by atoms with Crippen LogP contribution >= 0.6 is 0 Å². The zero-order chi connectivity index (χ0) is 17.6. The summed E-state index contributed by atoms with van der Waals surface area (Å²) in [4.78, 5) is 12.3. The Labute approximate surface area is 148 Å². The highest BCUT2D eigenvalue weighted by Crippen LogP contribution is 2.25. The van der Waals surface area contributed by atoms with E-state index < -0.39 is 0 Å². The van der Waals surface area contributed by atoms with Crippen LogP contribution in [0, 0.1) is 6.92 Å². The molecule has 0 aliphatic carbocycles. The first-order valence-electron chi connectivity index (χ1n) is 8.24. The number of anilines is 1. The van der Waals surface area contributed by atoms with Gasteiger partial charge >= 0.3 is 0 Å². The molecule has 0 bridgehead atoms. The fourth-order valence-corrected chi connectivity index (χ4v) is 2.74. The van der Waals surface area contributed by atoms with Gasteiger partial charge in [-0.15, -0.1) is 0 Å². The van der Waals surface area contributed by atoms with E-state index >= 15 is 0 Å². The first kappa shape index (κ1) is 16.8. The summed E-state index contributed by atoms with van der Waals surface area (Å²) < 4.78 is 5.30.